The van der Waals surface area contributed by atoms with Gasteiger partial charge in [0.25, 0.3) is 0 Å². The van der Waals surface area contributed by atoms with Crippen LogP contribution in [0.25, 0.3) is 0 Å². The fraction of sp³-hybridized carbons (Fsp3) is 0.500. The molecular formula is C8H12Cl2N4. The van der Waals surface area contributed by atoms with Crippen molar-refractivity contribution >= 4 is 35.0 Å². The molecule has 0 unspecified atom stereocenters. The minimum absolute atomic E-state index is 0.116. The molecular weight excluding hydrogens is 223 g/mol. The van der Waals surface area contributed by atoms with Crippen LogP contribution in [0.1, 0.15) is 13.8 Å². The highest BCUT2D eigenvalue weighted by Gasteiger charge is 2.09. The molecule has 0 aromatic carbocycles. The van der Waals surface area contributed by atoms with E-state index in [-0.39, 0.29) is 11.1 Å². The highest BCUT2D eigenvalue weighted by molar-refractivity contribution is 6.42. The first-order valence-electron chi connectivity index (χ1n) is 4.23. The van der Waals surface area contributed by atoms with Crippen LogP contribution in [0.2, 0.25) is 10.2 Å². The Kier molecular flexibility index (Phi) is 3.77. The number of hydrogen-bond acceptors (Lipinski definition) is 4. The standard InChI is InChI=1S/C8H12Cl2N4/c1-4(2)3-12-7-5(9)6(10)13-8(11)14-7/h4H,3H2,1-2H3,(H3,11,12,13,14). The quantitative estimate of drug-likeness (QED) is 0.789. The first-order chi connectivity index (χ1) is 6.50. The van der Waals surface area contributed by atoms with E-state index < -0.39 is 0 Å². The second-order valence-electron chi connectivity index (χ2n) is 3.31. The van der Waals surface area contributed by atoms with Crippen molar-refractivity contribution in [3.8, 4) is 0 Å². The maximum Gasteiger partial charge on any atom is 0.223 e. The number of nitrogens with one attached hydrogen (secondary N) is 1. The summed E-state index contributed by atoms with van der Waals surface area (Å²) in [5.41, 5.74) is 5.43. The van der Waals surface area contributed by atoms with Crippen molar-refractivity contribution in [1.82, 2.24) is 9.97 Å². The van der Waals surface area contributed by atoms with Crippen molar-refractivity contribution in [2.45, 2.75) is 13.8 Å². The highest BCUT2D eigenvalue weighted by atomic mass is 35.5. The normalized spacial score (nSPS) is 10.6. The fourth-order valence-electron chi connectivity index (χ4n) is 0.854. The summed E-state index contributed by atoms with van der Waals surface area (Å²) in [5, 5.41) is 3.53. The van der Waals surface area contributed by atoms with Crippen LogP contribution in [0.3, 0.4) is 0 Å². The molecule has 0 fully saturated rings. The van der Waals surface area contributed by atoms with Crippen LogP contribution in [0.5, 0.6) is 0 Å². The van der Waals surface area contributed by atoms with Gasteiger partial charge < -0.3 is 11.1 Å². The van der Waals surface area contributed by atoms with Crippen molar-refractivity contribution < 1.29 is 0 Å². The van der Waals surface area contributed by atoms with Gasteiger partial charge >= 0.3 is 0 Å². The molecule has 0 aliphatic carbocycles. The third kappa shape index (κ3) is 2.89. The number of nitrogens with zero attached hydrogens (tertiary/aromatic N) is 2. The highest BCUT2D eigenvalue weighted by Crippen LogP contribution is 2.27. The summed E-state index contributed by atoms with van der Waals surface area (Å²) in [5.74, 6) is 1.09. The maximum absolute atomic E-state index is 5.87. The minimum Gasteiger partial charge on any atom is -0.368 e. The van der Waals surface area contributed by atoms with Crippen molar-refractivity contribution in [3.63, 3.8) is 0 Å². The van der Waals surface area contributed by atoms with Gasteiger partial charge in [-0.15, -0.1) is 0 Å². The molecule has 0 spiro atoms. The number of hydrogen-bond donors (Lipinski definition) is 2. The SMILES string of the molecule is CC(C)CNc1nc(N)nc(Cl)c1Cl. The molecule has 0 saturated carbocycles. The van der Waals surface area contributed by atoms with Crippen LogP contribution < -0.4 is 11.1 Å². The van der Waals surface area contributed by atoms with Crippen molar-refractivity contribution in [2.24, 2.45) is 5.92 Å². The third-order valence-electron chi connectivity index (χ3n) is 1.51. The van der Waals surface area contributed by atoms with Gasteiger partial charge in [-0.1, -0.05) is 37.0 Å². The summed E-state index contributed by atoms with van der Waals surface area (Å²) in [7, 11) is 0. The average Bonchev–Trinajstić information content (AvgIpc) is 2.08. The summed E-state index contributed by atoms with van der Waals surface area (Å²) in [6.07, 6.45) is 0. The fourth-order valence-corrected chi connectivity index (χ4v) is 1.18. The van der Waals surface area contributed by atoms with Gasteiger partial charge in [-0.25, -0.2) is 0 Å². The molecule has 0 atom stereocenters. The molecule has 0 bridgehead atoms. The predicted molar refractivity (Wildman–Crippen MR) is 59.8 cm³/mol. The van der Waals surface area contributed by atoms with Crippen LogP contribution in [-0.2, 0) is 0 Å². The number of nitrogens with two attached hydrogens (primary N) is 1. The molecule has 0 radical (unpaired) electrons. The smallest absolute Gasteiger partial charge is 0.223 e. The molecule has 1 rings (SSSR count). The molecule has 0 saturated heterocycles. The zero-order chi connectivity index (χ0) is 10.7. The second kappa shape index (κ2) is 4.66. The van der Waals surface area contributed by atoms with Crippen LogP contribution in [0.15, 0.2) is 0 Å². The summed E-state index contributed by atoms with van der Waals surface area (Å²) in [6, 6.07) is 0. The lowest BCUT2D eigenvalue weighted by molar-refractivity contribution is 0.687. The van der Waals surface area contributed by atoms with Gasteiger partial charge in [0.05, 0.1) is 0 Å². The predicted octanol–water partition coefficient (Wildman–Crippen LogP) is 2.43. The molecule has 6 heteroatoms. The molecule has 3 N–H and O–H groups in total. The summed E-state index contributed by atoms with van der Waals surface area (Å²) in [4.78, 5) is 7.67. The zero-order valence-electron chi connectivity index (χ0n) is 8.01. The Morgan fingerprint density at radius 1 is 1.36 bits per heavy atom. The summed E-state index contributed by atoms with van der Waals surface area (Å²) < 4.78 is 0. The van der Waals surface area contributed by atoms with E-state index in [9.17, 15) is 0 Å². The summed E-state index contributed by atoms with van der Waals surface area (Å²) in [6.45, 7) is 4.91. The van der Waals surface area contributed by atoms with E-state index in [4.69, 9.17) is 28.9 Å². The minimum atomic E-state index is 0.116. The van der Waals surface area contributed by atoms with E-state index in [1.54, 1.807) is 0 Å². The van der Waals surface area contributed by atoms with Gasteiger partial charge in [0.1, 0.15) is 5.02 Å². The second-order valence-corrected chi connectivity index (χ2v) is 4.05. The van der Waals surface area contributed by atoms with E-state index in [2.05, 4.69) is 29.1 Å². The Morgan fingerprint density at radius 3 is 2.57 bits per heavy atom. The molecule has 0 amide bonds. The Balaban J connectivity index is 2.85. The molecule has 0 aliphatic heterocycles. The van der Waals surface area contributed by atoms with Gasteiger partial charge in [0.15, 0.2) is 11.0 Å². The Bertz CT molecular complexity index is 327. The first kappa shape index (κ1) is 11.3. The molecule has 4 nitrogen and oxygen atoms in total. The molecule has 14 heavy (non-hydrogen) atoms. The number of halogens is 2. The largest absolute Gasteiger partial charge is 0.368 e. The molecule has 1 aromatic heterocycles. The van der Waals surface area contributed by atoms with Crippen molar-refractivity contribution in [2.75, 3.05) is 17.6 Å². The Hall–Kier alpha value is -0.740. The van der Waals surface area contributed by atoms with E-state index in [1.807, 2.05) is 0 Å². The molecule has 0 aliphatic rings. The van der Waals surface area contributed by atoms with Gasteiger partial charge in [-0.05, 0) is 5.92 Å². The maximum atomic E-state index is 5.87. The number of anilines is 2. The van der Waals surface area contributed by atoms with Gasteiger partial charge in [0, 0.05) is 6.54 Å². The van der Waals surface area contributed by atoms with Crippen LogP contribution in [-0.4, -0.2) is 16.5 Å². The van der Waals surface area contributed by atoms with Crippen LogP contribution in [0, 0.1) is 5.92 Å². The van der Waals surface area contributed by atoms with E-state index in [0.29, 0.717) is 16.8 Å². The average molecular weight is 235 g/mol. The number of aromatic nitrogens is 2. The van der Waals surface area contributed by atoms with Crippen molar-refractivity contribution in [3.05, 3.63) is 10.2 Å². The van der Waals surface area contributed by atoms with Gasteiger partial charge in [0.2, 0.25) is 5.95 Å². The number of nitrogen functional groups attached to an aromatic ring is 1. The van der Waals surface area contributed by atoms with E-state index in [1.165, 1.54) is 0 Å². The topological polar surface area (TPSA) is 63.8 Å². The lowest BCUT2D eigenvalue weighted by atomic mass is 10.2. The van der Waals surface area contributed by atoms with E-state index >= 15 is 0 Å². The first-order valence-corrected chi connectivity index (χ1v) is 4.98. The van der Waals surface area contributed by atoms with Gasteiger partial charge in [-0.2, -0.15) is 9.97 Å². The molecule has 78 valence electrons. The molecule has 1 heterocycles. The zero-order valence-corrected chi connectivity index (χ0v) is 9.52. The van der Waals surface area contributed by atoms with Gasteiger partial charge in [-0.3, -0.25) is 0 Å². The molecule has 1 aromatic rings. The van der Waals surface area contributed by atoms with Crippen LogP contribution in [0.4, 0.5) is 11.8 Å². The number of rotatable bonds is 3. The third-order valence-corrected chi connectivity index (χ3v) is 2.23. The van der Waals surface area contributed by atoms with Crippen molar-refractivity contribution in [1.29, 1.82) is 0 Å². The Labute approximate surface area is 92.8 Å². The lowest BCUT2D eigenvalue weighted by Crippen LogP contribution is -2.11. The Morgan fingerprint density at radius 2 is 2.00 bits per heavy atom. The monoisotopic (exact) mass is 234 g/mol. The van der Waals surface area contributed by atoms with E-state index in [0.717, 1.165) is 6.54 Å². The summed E-state index contributed by atoms with van der Waals surface area (Å²) >= 11 is 11.6. The van der Waals surface area contributed by atoms with Crippen LogP contribution >= 0.6 is 23.2 Å². The lowest BCUT2D eigenvalue weighted by Gasteiger charge is -2.10.